The van der Waals surface area contributed by atoms with Crippen molar-refractivity contribution >= 4 is 53.1 Å². The molecular weight excluding hydrogens is 296 g/mol. The van der Waals surface area contributed by atoms with Crippen molar-refractivity contribution < 1.29 is 0 Å². The van der Waals surface area contributed by atoms with Crippen molar-refractivity contribution in [2.45, 2.75) is 26.7 Å². The second-order valence-corrected chi connectivity index (χ2v) is 7.33. The lowest BCUT2D eigenvalue weighted by molar-refractivity contribution is 1.17. The monoisotopic (exact) mass is 314 g/mol. The molecule has 4 aromatic carbocycles. The second-order valence-electron chi connectivity index (χ2n) is 6.31. The molecule has 5 rings (SSSR count). The van der Waals surface area contributed by atoms with Gasteiger partial charge >= 0.3 is 0 Å². The van der Waals surface area contributed by atoms with E-state index in [1.807, 2.05) is 11.3 Å². The zero-order chi connectivity index (χ0) is 15.6. The van der Waals surface area contributed by atoms with Crippen LogP contribution >= 0.6 is 11.3 Å². The third-order valence-corrected chi connectivity index (χ3v) is 6.54. The van der Waals surface area contributed by atoms with E-state index in [9.17, 15) is 0 Å². The first-order chi connectivity index (χ1) is 11.3. The van der Waals surface area contributed by atoms with Crippen molar-refractivity contribution in [1.29, 1.82) is 0 Å². The first kappa shape index (κ1) is 13.3. The van der Waals surface area contributed by atoms with Gasteiger partial charge in [-0.2, -0.15) is 0 Å². The maximum Gasteiger partial charge on any atom is 0.0393 e. The van der Waals surface area contributed by atoms with Gasteiger partial charge in [0.05, 0.1) is 0 Å². The van der Waals surface area contributed by atoms with Crippen molar-refractivity contribution in [2.24, 2.45) is 0 Å². The molecule has 0 spiro atoms. The van der Waals surface area contributed by atoms with Gasteiger partial charge in [-0.25, -0.2) is 0 Å². The van der Waals surface area contributed by atoms with Crippen LogP contribution in [0.5, 0.6) is 0 Å². The highest BCUT2D eigenvalue weighted by atomic mass is 32.1. The molecule has 0 amide bonds. The first-order valence-corrected chi connectivity index (χ1v) is 9.24. The zero-order valence-corrected chi connectivity index (χ0v) is 14.3. The summed E-state index contributed by atoms with van der Waals surface area (Å²) in [6.45, 7) is 4.53. The Morgan fingerprint density at radius 3 is 1.52 bits per heavy atom. The van der Waals surface area contributed by atoms with Crippen molar-refractivity contribution in [3.63, 3.8) is 0 Å². The van der Waals surface area contributed by atoms with Crippen LogP contribution in [-0.2, 0) is 12.8 Å². The van der Waals surface area contributed by atoms with E-state index in [-0.39, 0.29) is 0 Å². The van der Waals surface area contributed by atoms with Gasteiger partial charge in [-0.3, -0.25) is 0 Å². The number of aryl methyl sites for hydroxylation is 2. The summed E-state index contributed by atoms with van der Waals surface area (Å²) < 4.78 is 2.99. The van der Waals surface area contributed by atoms with Crippen LogP contribution in [0.2, 0.25) is 0 Å². The SMILES string of the molecule is CCc1ccc2c3ccccc3c3ccc(CC)c4sc1c2c43. The number of hydrogen-bond donors (Lipinski definition) is 0. The second kappa shape index (κ2) is 4.69. The van der Waals surface area contributed by atoms with Crippen LogP contribution < -0.4 is 0 Å². The molecule has 1 aromatic heterocycles. The van der Waals surface area contributed by atoms with E-state index in [1.54, 1.807) is 0 Å². The van der Waals surface area contributed by atoms with E-state index in [0.717, 1.165) is 12.8 Å². The lowest BCUT2D eigenvalue weighted by atomic mass is 9.92. The molecule has 0 saturated carbocycles. The smallest absolute Gasteiger partial charge is 0.0393 e. The molecule has 0 saturated heterocycles. The van der Waals surface area contributed by atoms with Gasteiger partial charge in [-0.05, 0) is 45.5 Å². The van der Waals surface area contributed by atoms with Gasteiger partial charge in [0.1, 0.15) is 0 Å². The van der Waals surface area contributed by atoms with Gasteiger partial charge in [0.25, 0.3) is 0 Å². The Balaban J connectivity index is 2.20. The minimum Gasteiger partial charge on any atom is -0.135 e. The van der Waals surface area contributed by atoms with Crippen molar-refractivity contribution in [3.8, 4) is 0 Å². The lowest BCUT2D eigenvalue weighted by Crippen LogP contribution is -1.86. The molecule has 1 heterocycles. The molecule has 0 N–H and O–H groups in total. The van der Waals surface area contributed by atoms with Gasteiger partial charge in [-0.1, -0.05) is 62.4 Å². The number of hydrogen-bond acceptors (Lipinski definition) is 1. The molecule has 0 nitrogen and oxygen atoms in total. The highest BCUT2D eigenvalue weighted by Crippen LogP contribution is 2.47. The summed E-state index contributed by atoms with van der Waals surface area (Å²) in [4.78, 5) is 0. The highest BCUT2D eigenvalue weighted by Gasteiger charge is 2.18. The molecule has 0 aliphatic carbocycles. The van der Waals surface area contributed by atoms with E-state index < -0.39 is 0 Å². The fourth-order valence-corrected chi connectivity index (χ4v) is 5.56. The molecule has 23 heavy (non-hydrogen) atoms. The van der Waals surface area contributed by atoms with Crippen LogP contribution in [0.4, 0.5) is 0 Å². The summed E-state index contributed by atoms with van der Waals surface area (Å²) in [5.74, 6) is 0. The minimum absolute atomic E-state index is 1.10. The van der Waals surface area contributed by atoms with E-state index >= 15 is 0 Å². The summed E-state index contributed by atoms with van der Waals surface area (Å²) in [5.41, 5.74) is 2.97. The van der Waals surface area contributed by atoms with Gasteiger partial charge < -0.3 is 0 Å². The molecule has 0 atom stereocenters. The Morgan fingerprint density at radius 1 is 0.609 bits per heavy atom. The molecule has 0 aliphatic rings. The van der Waals surface area contributed by atoms with Crippen LogP contribution in [0.15, 0.2) is 48.5 Å². The van der Waals surface area contributed by atoms with E-state index in [1.165, 1.54) is 52.8 Å². The molecule has 0 unspecified atom stereocenters. The Hall–Kier alpha value is -2.12. The average molecular weight is 314 g/mol. The molecule has 0 fully saturated rings. The van der Waals surface area contributed by atoms with Crippen LogP contribution in [0.1, 0.15) is 25.0 Å². The van der Waals surface area contributed by atoms with Crippen LogP contribution in [0.25, 0.3) is 41.7 Å². The molecular formula is C22H18S. The number of rotatable bonds is 2. The van der Waals surface area contributed by atoms with Gasteiger partial charge in [-0.15, -0.1) is 11.3 Å². The summed E-state index contributed by atoms with van der Waals surface area (Å²) >= 11 is 2.00. The van der Waals surface area contributed by atoms with Gasteiger partial charge in [0.2, 0.25) is 0 Å². The number of benzene rings is 4. The maximum atomic E-state index is 2.34. The fourth-order valence-electron chi connectivity index (χ4n) is 4.04. The maximum absolute atomic E-state index is 2.34. The molecule has 0 bridgehead atoms. The number of fused-ring (bicyclic) bond motifs is 3. The largest absolute Gasteiger partial charge is 0.135 e. The predicted molar refractivity (Wildman–Crippen MR) is 104 cm³/mol. The van der Waals surface area contributed by atoms with Crippen LogP contribution in [0, 0.1) is 0 Å². The molecule has 1 heteroatoms. The summed E-state index contributed by atoms with van der Waals surface area (Å²) in [6, 6.07) is 18.2. The first-order valence-electron chi connectivity index (χ1n) is 8.43. The Kier molecular flexibility index (Phi) is 2.72. The topological polar surface area (TPSA) is 0 Å². The summed E-state index contributed by atoms with van der Waals surface area (Å²) in [5, 5.41) is 8.59. The van der Waals surface area contributed by atoms with Crippen molar-refractivity contribution in [3.05, 3.63) is 59.7 Å². The van der Waals surface area contributed by atoms with Gasteiger partial charge in [0, 0.05) is 20.2 Å². The van der Waals surface area contributed by atoms with E-state index in [4.69, 9.17) is 0 Å². The highest BCUT2D eigenvalue weighted by molar-refractivity contribution is 7.26. The zero-order valence-electron chi connectivity index (χ0n) is 13.4. The quantitative estimate of drug-likeness (QED) is 0.310. The van der Waals surface area contributed by atoms with E-state index in [0.29, 0.717) is 0 Å². The summed E-state index contributed by atoms with van der Waals surface area (Å²) in [6.07, 6.45) is 2.20. The van der Waals surface area contributed by atoms with E-state index in [2.05, 4.69) is 62.4 Å². The molecule has 5 aromatic rings. The van der Waals surface area contributed by atoms with Crippen molar-refractivity contribution in [2.75, 3.05) is 0 Å². The third-order valence-electron chi connectivity index (χ3n) is 5.20. The Bertz CT molecular complexity index is 1080. The summed E-state index contributed by atoms with van der Waals surface area (Å²) in [7, 11) is 0. The minimum atomic E-state index is 1.10. The van der Waals surface area contributed by atoms with Crippen molar-refractivity contribution in [1.82, 2.24) is 0 Å². The normalized spacial score (nSPS) is 12.3. The molecule has 112 valence electrons. The van der Waals surface area contributed by atoms with Crippen LogP contribution in [-0.4, -0.2) is 0 Å². The standard InChI is InChI=1S/C22H18S/c1-3-13-9-11-17-15-7-5-6-8-16(15)18-12-10-14(4-2)22-20(18)19(17)21(13)23-22/h5-12H,3-4H2,1-2H3. The fraction of sp³-hybridized carbons (Fsp3) is 0.182. The molecule has 0 radical (unpaired) electrons. The van der Waals surface area contributed by atoms with Gasteiger partial charge in [0.15, 0.2) is 0 Å². The lowest BCUT2D eigenvalue weighted by Gasteiger charge is -2.11. The predicted octanol–water partition coefficient (Wildman–Crippen LogP) is 6.92. The number of thiophene rings is 1. The van der Waals surface area contributed by atoms with Crippen LogP contribution in [0.3, 0.4) is 0 Å². The Labute approximate surface area is 139 Å². The third kappa shape index (κ3) is 1.61. The molecule has 0 aliphatic heterocycles. The Morgan fingerprint density at radius 2 is 1.09 bits per heavy atom. The average Bonchev–Trinajstić information content (AvgIpc) is 3.01.